The zero-order valence-corrected chi connectivity index (χ0v) is 11.1. The third-order valence-corrected chi connectivity index (χ3v) is 2.46. The Hall–Kier alpha value is -1.66. The fourth-order valence-electron chi connectivity index (χ4n) is 1.43. The molecule has 1 aromatic heterocycles. The summed E-state index contributed by atoms with van der Waals surface area (Å²) in [5.74, 6) is -1.01. The normalized spacial score (nSPS) is 10.4. The molecule has 0 spiro atoms. The first-order valence-electron chi connectivity index (χ1n) is 6.24. The number of nitrogens with one attached hydrogen (secondary N) is 1. The predicted octanol–water partition coefficient (Wildman–Crippen LogP) is 1.63. The van der Waals surface area contributed by atoms with Crippen molar-refractivity contribution in [2.24, 2.45) is 0 Å². The van der Waals surface area contributed by atoms with E-state index in [0.717, 1.165) is 31.7 Å². The predicted molar refractivity (Wildman–Crippen MR) is 71.6 cm³/mol. The molecule has 0 amide bonds. The highest BCUT2D eigenvalue weighted by Crippen LogP contribution is 2.06. The van der Waals surface area contributed by atoms with E-state index in [1.807, 2.05) is 0 Å². The third-order valence-electron chi connectivity index (χ3n) is 2.46. The van der Waals surface area contributed by atoms with Crippen LogP contribution < -0.4 is 5.32 Å². The van der Waals surface area contributed by atoms with Gasteiger partial charge in [-0.25, -0.2) is 9.78 Å². The van der Waals surface area contributed by atoms with Crippen molar-refractivity contribution in [1.82, 2.24) is 4.98 Å². The Balaban J connectivity index is 2.07. The number of aromatic nitrogens is 1. The first kappa shape index (κ1) is 15.4. The van der Waals surface area contributed by atoms with E-state index in [2.05, 4.69) is 10.3 Å². The smallest absolute Gasteiger partial charge is 0.354 e. The maximum absolute atomic E-state index is 10.6. The molecule has 106 valence electrons. The molecular formula is C13H20N2O4. The van der Waals surface area contributed by atoms with Crippen LogP contribution in [0.3, 0.4) is 0 Å². The summed E-state index contributed by atoms with van der Waals surface area (Å²) < 4.78 is 10.2. The first-order valence-corrected chi connectivity index (χ1v) is 6.24. The zero-order chi connectivity index (χ0) is 13.9. The molecule has 1 rings (SSSR count). The van der Waals surface area contributed by atoms with Crippen LogP contribution in [-0.2, 0) is 9.47 Å². The maximum atomic E-state index is 10.6. The van der Waals surface area contributed by atoms with Gasteiger partial charge in [0.1, 0.15) is 5.69 Å². The van der Waals surface area contributed by atoms with Gasteiger partial charge in [-0.1, -0.05) is 0 Å². The van der Waals surface area contributed by atoms with Crippen molar-refractivity contribution in [3.05, 3.63) is 24.0 Å². The van der Waals surface area contributed by atoms with Crippen LogP contribution >= 0.6 is 0 Å². The SMILES string of the molecule is COCCOCCCCNc1ccc(C(=O)O)nc1. The van der Waals surface area contributed by atoms with Crippen molar-refractivity contribution in [2.75, 3.05) is 38.8 Å². The minimum absolute atomic E-state index is 0.0529. The van der Waals surface area contributed by atoms with Crippen molar-refractivity contribution < 1.29 is 19.4 Å². The van der Waals surface area contributed by atoms with Crippen LogP contribution in [0.2, 0.25) is 0 Å². The molecule has 0 aromatic carbocycles. The van der Waals surface area contributed by atoms with Crippen LogP contribution in [0.15, 0.2) is 18.3 Å². The zero-order valence-electron chi connectivity index (χ0n) is 11.1. The second-order valence-corrected chi connectivity index (χ2v) is 3.98. The largest absolute Gasteiger partial charge is 0.477 e. The standard InChI is InChI=1S/C13H20N2O4/c1-18-8-9-19-7-3-2-6-14-11-4-5-12(13(16)17)15-10-11/h4-5,10,14H,2-3,6-9H2,1H3,(H,16,17). The molecule has 1 aromatic rings. The number of carboxylic acids is 1. The Bertz CT molecular complexity index is 367. The van der Waals surface area contributed by atoms with E-state index in [4.69, 9.17) is 14.6 Å². The number of aromatic carboxylic acids is 1. The van der Waals surface area contributed by atoms with Crippen molar-refractivity contribution in [2.45, 2.75) is 12.8 Å². The first-order chi connectivity index (χ1) is 9.24. The Morgan fingerprint density at radius 2 is 2.16 bits per heavy atom. The van der Waals surface area contributed by atoms with Crippen molar-refractivity contribution in [3.63, 3.8) is 0 Å². The van der Waals surface area contributed by atoms with E-state index in [0.29, 0.717) is 13.2 Å². The number of nitrogens with zero attached hydrogens (tertiary/aromatic N) is 1. The second-order valence-electron chi connectivity index (χ2n) is 3.98. The van der Waals surface area contributed by atoms with Crippen molar-refractivity contribution in [1.29, 1.82) is 0 Å². The molecule has 0 atom stereocenters. The molecule has 0 aliphatic heterocycles. The fourth-order valence-corrected chi connectivity index (χ4v) is 1.43. The van der Waals surface area contributed by atoms with Gasteiger partial charge >= 0.3 is 5.97 Å². The average molecular weight is 268 g/mol. The van der Waals surface area contributed by atoms with Gasteiger partial charge in [0.25, 0.3) is 0 Å². The number of pyridine rings is 1. The van der Waals surface area contributed by atoms with Crippen LogP contribution in [0, 0.1) is 0 Å². The van der Waals surface area contributed by atoms with E-state index in [9.17, 15) is 4.79 Å². The monoisotopic (exact) mass is 268 g/mol. The summed E-state index contributed by atoms with van der Waals surface area (Å²) in [5.41, 5.74) is 0.877. The molecule has 6 nitrogen and oxygen atoms in total. The Kier molecular flexibility index (Phi) is 7.53. The Morgan fingerprint density at radius 3 is 2.79 bits per heavy atom. The summed E-state index contributed by atoms with van der Waals surface area (Å²) in [4.78, 5) is 14.4. The van der Waals surface area contributed by atoms with E-state index in [1.165, 1.54) is 12.3 Å². The molecule has 0 radical (unpaired) electrons. The van der Waals surface area contributed by atoms with Crippen molar-refractivity contribution in [3.8, 4) is 0 Å². The number of unbranched alkanes of at least 4 members (excludes halogenated alkanes) is 1. The van der Waals surface area contributed by atoms with Crippen LogP contribution in [0.5, 0.6) is 0 Å². The molecule has 0 unspecified atom stereocenters. The number of anilines is 1. The van der Waals surface area contributed by atoms with E-state index >= 15 is 0 Å². The summed E-state index contributed by atoms with van der Waals surface area (Å²) >= 11 is 0. The lowest BCUT2D eigenvalue weighted by Gasteiger charge is -2.06. The highest BCUT2D eigenvalue weighted by atomic mass is 16.5. The Morgan fingerprint density at radius 1 is 1.32 bits per heavy atom. The summed E-state index contributed by atoms with van der Waals surface area (Å²) in [7, 11) is 1.65. The molecule has 19 heavy (non-hydrogen) atoms. The topological polar surface area (TPSA) is 80.7 Å². The Labute approximate surface area is 112 Å². The van der Waals surface area contributed by atoms with Crippen LogP contribution in [0.25, 0.3) is 0 Å². The van der Waals surface area contributed by atoms with Gasteiger partial charge < -0.3 is 19.9 Å². The molecule has 2 N–H and O–H groups in total. The molecule has 0 fully saturated rings. The van der Waals surface area contributed by atoms with Crippen LogP contribution in [0.4, 0.5) is 5.69 Å². The highest BCUT2D eigenvalue weighted by molar-refractivity contribution is 5.85. The van der Waals surface area contributed by atoms with Crippen LogP contribution in [0.1, 0.15) is 23.3 Å². The summed E-state index contributed by atoms with van der Waals surface area (Å²) in [6.45, 7) is 2.79. The third kappa shape index (κ3) is 6.73. The molecule has 0 aliphatic carbocycles. The summed E-state index contributed by atoms with van der Waals surface area (Å²) in [6.07, 6.45) is 3.48. The second kappa shape index (κ2) is 9.29. The summed E-state index contributed by atoms with van der Waals surface area (Å²) in [6, 6.07) is 3.20. The van der Waals surface area contributed by atoms with E-state index < -0.39 is 5.97 Å². The van der Waals surface area contributed by atoms with Gasteiger partial charge in [0.05, 0.1) is 25.1 Å². The summed E-state index contributed by atoms with van der Waals surface area (Å²) in [5, 5.41) is 11.9. The van der Waals surface area contributed by atoms with Gasteiger partial charge in [-0.15, -0.1) is 0 Å². The van der Waals surface area contributed by atoms with Gasteiger partial charge in [0.2, 0.25) is 0 Å². The van der Waals surface area contributed by atoms with Crippen LogP contribution in [-0.4, -0.2) is 49.5 Å². The van der Waals surface area contributed by atoms with Gasteiger partial charge in [-0.05, 0) is 25.0 Å². The number of rotatable bonds is 10. The quantitative estimate of drug-likeness (QED) is 0.628. The van der Waals surface area contributed by atoms with E-state index in [1.54, 1.807) is 13.2 Å². The molecule has 1 heterocycles. The number of carboxylic acid groups (broad SMARTS) is 1. The lowest BCUT2D eigenvalue weighted by molar-refractivity contribution is 0.0689. The number of methoxy groups -OCH3 is 1. The highest BCUT2D eigenvalue weighted by Gasteiger charge is 2.02. The number of carbonyl (C=O) groups is 1. The lowest BCUT2D eigenvalue weighted by Crippen LogP contribution is -2.07. The van der Waals surface area contributed by atoms with Gasteiger partial charge in [0.15, 0.2) is 0 Å². The number of hydrogen-bond acceptors (Lipinski definition) is 5. The molecular weight excluding hydrogens is 248 g/mol. The minimum Gasteiger partial charge on any atom is -0.477 e. The van der Waals surface area contributed by atoms with Gasteiger partial charge in [0, 0.05) is 20.3 Å². The van der Waals surface area contributed by atoms with E-state index in [-0.39, 0.29) is 5.69 Å². The lowest BCUT2D eigenvalue weighted by atomic mass is 10.3. The molecule has 6 heteroatoms. The molecule has 0 bridgehead atoms. The average Bonchev–Trinajstić information content (AvgIpc) is 2.42. The number of ether oxygens (including phenoxy) is 2. The fraction of sp³-hybridized carbons (Fsp3) is 0.538. The molecule has 0 saturated carbocycles. The molecule has 0 aliphatic rings. The maximum Gasteiger partial charge on any atom is 0.354 e. The minimum atomic E-state index is -1.01. The number of hydrogen-bond donors (Lipinski definition) is 2. The van der Waals surface area contributed by atoms with Crippen molar-refractivity contribution >= 4 is 11.7 Å². The van der Waals surface area contributed by atoms with Gasteiger partial charge in [-0.3, -0.25) is 0 Å². The molecule has 0 saturated heterocycles. The van der Waals surface area contributed by atoms with Gasteiger partial charge in [-0.2, -0.15) is 0 Å².